The van der Waals surface area contributed by atoms with E-state index in [0.717, 1.165) is 25.2 Å². The number of hydrogen-bond acceptors (Lipinski definition) is 5. The first-order valence-electron chi connectivity index (χ1n) is 12.5. The molecule has 2 aliphatic heterocycles. The molecule has 1 saturated carbocycles. The molecule has 0 spiro atoms. The van der Waals surface area contributed by atoms with E-state index in [0.29, 0.717) is 43.0 Å². The highest BCUT2D eigenvalue weighted by molar-refractivity contribution is 6.05. The molecule has 0 aromatic heterocycles. The molecule has 2 heterocycles. The minimum atomic E-state index is -0.546. The van der Waals surface area contributed by atoms with Gasteiger partial charge in [0.15, 0.2) is 0 Å². The molecule has 2 fully saturated rings. The zero-order valence-electron chi connectivity index (χ0n) is 20.1. The summed E-state index contributed by atoms with van der Waals surface area (Å²) in [5, 5.41) is 3.79. The Hall–Kier alpha value is -2.25. The molecular formula is C26H37N3O4. The number of ether oxygens (including phenoxy) is 1. The van der Waals surface area contributed by atoms with E-state index in [4.69, 9.17) is 4.74 Å². The van der Waals surface area contributed by atoms with Gasteiger partial charge in [-0.1, -0.05) is 25.0 Å². The number of carbonyl (C=O) groups excluding carboxylic acids is 3. The van der Waals surface area contributed by atoms with Crippen LogP contribution in [0.3, 0.4) is 0 Å². The summed E-state index contributed by atoms with van der Waals surface area (Å²) in [5.74, 6) is 0.0205. The number of nitrogens with zero attached hydrogens (tertiary/aromatic N) is 2. The highest BCUT2D eigenvalue weighted by atomic mass is 16.5. The number of likely N-dealkylation sites (N-methyl/N-ethyl adjacent to an activating group) is 1. The number of carbonyl (C=O) groups is 3. The van der Waals surface area contributed by atoms with Crippen LogP contribution >= 0.6 is 0 Å². The van der Waals surface area contributed by atoms with E-state index in [9.17, 15) is 14.4 Å². The van der Waals surface area contributed by atoms with Gasteiger partial charge in [0.25, 0.3) is 11.8 Å². The van der Waals surface area contributed by atoms with Gasteiger partial charge >= 0.3 is 0 Å². The van der Waals surface area contributed by atoms with Crippen LogP contribution in [0.25, 0.3) is 0 Å². The van der Waals surface area contributed by atoms with Gasteiger partial charge in [-0.3, -0.25) is 19.3 Å². The highest BCUT2D eigenvalue weighted by Crippen LogP contribution is 2.32. The Balaban J connectivity index is 1.43. The van der Waals surface area contributed by atoms with E-state index in [2.05, 4.69) is 24.4 Å². The Morgan fingerprint density at radius 3 is 2.73 bits per heavy atom. The van der Waals surface area contributed by atoms with Crippen molar-refractivity contribution in [3.05, 3.63) is 34.9 Å². The molecular weight excluding hydrogens is 418 g/mol. The first-order valence-corrected chi connectivity index (χ1v) is 12.5. The molecule has 3 amide bonds. The van der Waals surface area contributed by atoms with Crippen LogP contribution in [0.2, 0.25) is 0 Å². The molecule has 1 aromatic rings. The van der Waals surface area contributed by atoms with Crippen LogP contribution in [0.5, 0.6) is 0 Å². The molecule has 7 nitrogen and oxygen atoms in total. The summed E-state index contributed by atoms with van der Waals surface area (Å²) in [4.78, 5) is 40.3. The lowest BCUT2D eigenvalue weighted by molar-refractivity contribution is -0.150. The van der Waals surface area contributed by atoms with Crippen molar-refractivity contribution in [2.45, 2.75) is 83.5 Å². The summed E-state index contributed by atoms with van der Waals surface area (Å²) >= 11 is 0. The molecule has 3 aliphatic rings. The van der Waals surface area contributed by atoms with Crippen LogP contribution in [0.1, 0.15) is 73.9 Å². The Kier molecular flexibility index (Phi) is 7.49. The van der Waals surface area contributed by atoms with Crippen molar-refractivity contribution < 1.29 is 19.1 Å². The van der Waals surface area contributed by atoms with E-state index < -0.39 is 6.04 Å². The van der Waals surface area contributed by atoms with Crippen LogP contribution in [-0.2, 0) is 27.3 Å². The van der Waals surface area contributed by atoms with Crippen LogP contribution in [-0.4, -0.2) is 65.9 Å². The van der Waals surface area contributed by atoms with Crippen molar-refractivity contribution in [3.8, 4) is 0 Å². The van der Waals surface area contributed by atoms with E-state index in [1.807, 2.05) is 13.0 Å². The fourth-order valence-corrected chi connectivity index (χ4v) is 5.64. The molecule has 180 valence electrons. The molecule has 0 bridgehead atoms. The molecule has 7 heteroatoms. The van der Waals surface area contributed by atoms with Crippen LogP contribution < -0.4 is 5.32 Å². The van der Waals surface area contributed by atoms with E-state index >= 15 is 0 Å². The number of amides is 3. The van der Waals surface area contributed by atoms with Gasteiger partial charge in [0.2, 0.25) is 5.91 Å². The maximum absolute atomic E-state index is 13.0. The highest BCUT2D eigenvalue weighted by Gasteiger charge is 2.41. The average molecular weight is 456 g/mol. The minimum Gasteiger partial charge on any atom is -0.380 e. The lowest BCUT2D eigenvalue weighted by atomic mass is 9.80. The molecule has 1 aromatic carbocycles. The second-order valence-corrected chi connectivity index (χ2v) is 9.85. The van der Waals surface area contributed by atoms with Gasteiger partial charge in [0.1, 0.15) is 6.04 Å². The third-order valence-electron chi connectivity index (χ3n) is 7.48. The molecule has 33 heavy (non-hydrogen) atoms. The van der Waals surface area contributed by atoms with Crippen LogP contribution in [0.15, 0.2) is 18.2 Å². The van der Waals surface area contributed by atoms with Crippen molar-refractivity contribution in [1.82, 2.24) is 15.1 Å². The number of piperidine rings is 1. The van der Waals surface area contributed by atoms with Gasteiger partial charge in [0, 0.05) is 44.3 Å². The normalized spacial score (nSPS) is 26.6. The summed E-state index contributed by atoms with van der Waals surface area (Å²) in [7, 11) is 1.51. The first-order chi connectivity index (χ1) is 15.9. The Morgan fingerprint density at radius 2 is 1.94 bits per heavy atom. The molecule has 4 atom stereocenters. The van der Waals surface area contributed by atoms with Gasteiger partial charge in [0.05, 0.1) is 6.61 Å². The monoisotopic (exact) mass is 455 g/mol. The zero-order chi connectivity index (χ0) is 23.5. The van der Waals surface area contributed by atoms with E-state index in [-0.39, 0.29) is 17.7 Å². The molecule has 1 aliphatic carbocycles. The summed E-state index contributed by atoms with van der Waals surface area (Å²) in [6.45, 7) is 6.13. The van der Waals surface area contributed by atoms with Gasteiger partial charge < -0.3 is 15.0 Å². The number of hydrogen-bond donors (Lipinski definition) is 1. The lowest BCUT2D eigenvalue weighted by Crippen LogP contribution is -2.53. The Morgan fingerprint density at radius 1 is 1.15 bits per heavy atom. The second-order valence-electron chi connectivity index (χ2n) is 9.85. The third-order valence-corrected chi connectivity index (χ3v) is 7.48. The zero-order valence-corrected chi connectivity index (χ0v) is 20.1. The van der Waals surface area contributed by atoms with Gasteiger partial charge in [-0.25, -0.2) is 0 Å². The maximum Gasteiger partial charge on any atom is 0.255 e. The fourth-order valence-electron chi connectivity index (χ4n) is 5.64. The lowest BCUT2D eigenvalue weighted by Gasteiger charge is -2.34. The average Bonchev–Trinajstić information content (AvgIpc) is 3.13. The van der Waals surface area contributed by atoms with Crippen molar-refractivity contribution in [1.29, 1.82) is 0 Å². The summed E-state index contributed by atoms with van der Waals surface area (Å²) in [6.07, 6.45) is 6.61. The first kappa shape index (κ1) is 23.9. The second kappa shape index (κ2) is 10.3. The van der Waals surface area contributed by atoms with Crippen molar-refractivity contribution in [2.75, 3.05) is 20.3 Å². The standard InChI is InChI=1S/C26H37N3O4/c1-4-33-16-17(2)27-22-8-6-5-7-19(22)13-18-9-10-21-20(14-18)15-29(25(21)31)23-11-12-24(30)28(3)26(23)32/h9-10,14,17,19,22-23,27H,4-8,11-13,15-16H2,1-3H3/t17?,19-,22?,23?/m1/s1. The van der Waals surface area contributed by atoms with E-state index in [1.165, 1.54) is 43.2 Å². The predicted molar refractivity (Wildman–Crippen MR) is 126 cm³/mol. The van der Waals surface area contributed by atoms with Crippen LogP contribution in [0.4, 0.5) is 0 Å². The maximum atomic E-state index is 13.0. The predicted octanol–water partition coefficient (Wildman–Crippen LogP) is 2.91. The molecule has 3 unspecified atom stereocenters. The fraction of sp³-hybridized carbons (Fsp3) is 0.654. The summed E-state index contributed by atoms with van der Waals surface area (Å²) in [6, 6.07) is 6.43. The largest absolute Gasteiger partial charge is 0.380 e. The number of rotatable bonds is 8. The third kappa shape index (κ3) is 5.14. The molecule has 4 rings (SSSR count). The molecule has 0 radical (unpaired) electrons. The quantitative estimate of drug-likeness (QED) is 0.610. The SMILES string of the molecule is CCOCC(C)NC1CCCC[C@@H]1Cc1ccc2c(c1)CN(C1CCC(=O)N(C)C1=O)C2=O. The van der Waals surface area contributed by atoms with Crippen LogP contribution in [0, 0.1) is 5.92 Å². The van der Waals surface area contributed by atoms with E-state index in [1.54, 1.807) is 4.90 Å². The molecule has 1 saturated heterocycles. The van der Waals surface area contributed by atoms with Crippen molar-refractivity contribution in [3.63, 3.8) is 0 Å². The Labute approximate surface area is 196 Å². The topological polar surface area (TPSA) is 79.0 Å². The van der Waals surface area contributed by atoms with Crippen molar-refractivity contribution >= 4 is 17.7 Å². The van der Waals surface area contributed by atoms with Gasteiger partial charge in [-0.05, 0) is 62.6 Å². The number of fused-ring (bicyclic) bond motifs is 1. The summed E-state index contributed by atoms with van der Waals surface area (Å²) in [5.41, 5.74) is 2.94. The number of nitrogens with one attached hydrogen (secondary N) is 1. The Bertz CT molecular complexity index is 902. The number of likely N-dealkylation sites (tertiary alicyclic amines) is 1. The minimum absolute atomic E-state index is 0.0976. The van der Waals surface area contributed by atoms with Gasteiger partial charge in [-0.2, -0.15) is 0 Å². The van der Waals surface area contributed by atoms with Crippen molar-refractivity contribution in [2.24, 2.45) is 5.92 Å². The number of imide groups is 1. The summed E-state index contributed by atoms with van der Waals surface area (Å²) < 4.78 is 5.59. The smallest absolute Gasteiger partial charge is 0.255 e. The number of benzene rings is 1. The molecule has 1 N–H and O–H groups in total. The van der Waals surface area contributed by atoms with Gasteiger partial charge in [-0.15, -0.1) is 0 Å².